The first-order valence-electron chi connectivity index (χ1n) is 12.1. The topological polar surface area (TPSA) is 89.8 Å². The monoisotopic (exact) mass is 471 g/mol. The van der Waals surface area contributed by atoms with Crippen LogP contribution in [0.25, 0.3) is 0 Å². The Morgan fingerprint density at radius 2 is 1.97 bits per heavy atom. The number of carbonyl (C=O) groups is 2. The molecule has 0 bridgehead atoms. The van der Waals surface area contributed by atoms with Crippen molar-refractivity contribution in [1.29, 1.82) is 0 Å². The summed E-state index contributed by atoms with van der Waals surface area (Å²) in [6, 6.07) is 7.19. The molecule has 1 aromatic carbocycles. The van der Waals surface area contributed by atoms with Gasteiger partial charge >= 0.3 is 0 Å². The molecular weight excluding hydrogens is 434 g/mol. The zero-order chi connectivity index (χ0) is 24.5. The van der Waals surface area contributed by atoms with E-state index in [1.165, 1.54) is 0 Å². The highest BCUT2D eigenvalue weighted by atomic mass is 16.5. The van der Waals surface area contributed by atoms with Gasteiger partial charge in [0, 0.05) is 33.8 Å². The molecule has 9 heteroatoms. The van der Waals surface area contributed by atoms with E-state index in [1.807, 2.05) is 28.0 Å². The van der Waals surface area contributed by atoms with Gasteiger partial charge < -0.3 is 19.3 Å². The summed E-state index contributed by atoms with van der Waals surface area (Å²) in [5, 5.41) is 7.99. The third-order valence-corrected chi connectivity index (χ3v) is 6.00. The number of rotatable bonds is 6. The van der Waals surface area contributed by atoms with E-state index in [0.717, 1.165) is 25.7 Å². The number of fused-ring (bicyclic) bond motifs is 1. The Labute approximate surface area is 202 Å². The third kappa shape index (κ3) is 6.79. The molecular formula is C25H37N5O4. The van der Waals surface area contributed by atoms with Gasteiger partial charge in [-0.15, -0.1) is 5.10 Å². The van der Waals surface area contributed by atoms with Gasteiger partial charge in [0.05, 0.1) is 24.4 Å². The molecule has 34 heavy (non-hydrogen) atoms. The Balaban J connectivity index is 1.91. The lowest BCUT2D eigenvalue weighted by molar-refractivity contribution is 0.0567. The van der Waals surface area contributed by atoms with Crippen molar-refractivity contribution in [2.45, 2.75) is 45.6 Å². The Hall–Kier alpha value is -2.94. The van der Waals surface area contributed by atoms with Crippen LogP contribution in [0.4, 0.5) is 0 Å². The van der Waals surface area contributed by atoms with E-state index in [-0.39, 0.29) is 17.9 Å². The second-order valence-electron chi connectivity index (χ2n) is 9.21. The van der Waals surface area contributed by atoms with Gasteiger partial charge in [-0.25, -0.2) is 0 Å². The fourth-order valence-electron chi connectivity index (χ4n) is 4.28. The fraction of sp³-hybridized carbons (Fsp3) is 0.600. The molecule has 1 atom stereocenters. The van der Waals surface area contributed by atoms with Crippen molar-refractivity contribution in [3.8, 4) is 5.75 Å². The molecule has 2 aromatic rings. The van der Waals surface area contributed by atoms with Crippen molar-refractivity contribution in [2.75, 3.05) is 40.0 Å². The normalized spacial score (nSPS) is 18.0. The maximum atomic E-state index is 13.4. The second kappa shape index (κ2) is 12.5. The summed E-state index contributed by atoms with van der Waals surface area (Å²) in [4.78, 5) is 30.5. The van der Waals surface area contributed by atoms with Crippen LogP contribution < -0.4 is 4.74 Å². The summed E-state index contributed by atoms with van der Waals surface area (Å²) in [6.45, 7) is 6.80. The van der Waals surface area contributed by atoms with Gasteiger partial charge in [-0.1, -0.05) is 31.2 Å². The van der Waals surface area contributed by atoms with E-state index in [9.17, 15) is 9.59 Å². The summed E-state index contributed by atoms with van der Waals surface area (Å²) < 4.78 is 13.0. The summed E-state index contributed by atoms with van der Waals surface area (Å²) in [6.07, 6.45) is 5.01. The zero-order valence-electron chi connectivity index (χ0n) is 20.8. The van der Waals surface area contributed by atoms with Crippen molar-refractivity contribution < 1.29 is 19.1 Å². The van der Waals surface area contributed by atoms with Crippen molar-refractivity contribution in [3.05, 3.63) is 41.7 Å². The molecule has 0 aliphatic carbocycles. The molecule has 2 heterocycles. The van der Waals surface area contributed by atoms with Crippen LogP contribution in [0.2, 0.25) is 0 Å². The molecule has 9 nitrogen and oxygen atoms in total. The van der Waals surface area contributed by atoms with Gasteiger partial charge in [0.2, 0.25) is 0 Å². The zero-order valence-corrected chi connectivity index (χ0v) is 20.8. The fourth-order valence-corrected chi connectivity index (χ4v) is 4.28. The third-order valence-electron chi connectivity index (χ3n) is 6.00. The molecule has 0 saturated carbocycles. The SMILES string of the molecule is COCCN1CCCCCN(C(=O)c2cn(C)nn2)[C@@H](CC(C)C)COc2ccccc2C1=O. The summed E-state index contributed by atoms with van der Waals surface area (Å²) in [5.74, 6) is 0.709. The quantitative estimate of drug-likeness (QED) is 0.643. The molecule has 1 aliphatic heterocycles. The van der Waals surface area contributed by atoms with Gasteiger partial charge in [0.15, 0.2) is 5.69 Å². The lowest BCUT2D eigenvalue weighted by Gasteiger charge is -2.32. The second-order valence-corrected chi connectivity index (χ2v) is 9.21. The predicted molar refractivity (Wildman–Crippen MR) is 129 cm³/mol. The highest BCUT2D eigenvalue weighted by Gasteiger charge is 2.29. The minimum atomic E-state index is -0.150. The van der Waals surface area contributed by atoms with Crippen molar-refractivity contribution in [1.82, 2.24) is 24.8 Å². The summed E-state index contributed by atoms with van der Waals surface area (Å²) in [5.41, 5.74) is 0.870. The average molecular weight is 472 g/mol. The molecule has 186 valence electrons. The van der Waals surface area contributed by atoms with E-state index in [1.54, 1.807) is 31.1 Å². The maximum absolute atomic E-state index is 13.4. The summed E-state index contributed by atoms with van der Waals surface area (Å²) in [7, 11) is 3.39. The van der Waals surface area contributed by atoms with E-state index in [4.69, 9.17) is 9.47 Å². The van der Waals surface area contributed by atoms with Crippen molar-refractivity contribution in [2.24, 2.45) is 13.0 Å². The molecule has 0 fully saturated rings. The highest BCUT2D eigenvalue weighted by Crippen LogP contribution is 2.24. The number of benzene rings is 1. The van der Waals surface area contributed by atoms with E-state index in [2.05, 4.69) is 24.2 Å². The van der Waals surface area contributed by atoms with Crippen LogP contribution in [-0.4, -0.2) is 82.6 Å². The van der Waals surface area contributed by atoms with Gasteiger partial charge in [-0.3, -0.25) is 14.3 Å². The number of aromatic nitrogens is 3. The highest BCUT2D eigenvalue weighted by molar-refractivity contribution is 5.97. The molecule has 1 aromatic heterocycles. The molecule has 3 rings (SSSR count). The van der Waals surface area contributed by atoms with Gasteiger partial charge in [-0.05, 0) is 43.7 Å². The minimum Gasteiger partial charge on any atom is -0.491 e. The van der Waals surface area contributed by atoms with Crippen molar-refractivity contribution >= 4 is 11.8 Å². The first kappa shape index (κ1) is 25.7. The number of hydrogen-bond acceptors (Lipinski definition) is 6. The molecule has 0 N–H and O–H groups in total. The Morgan fingerprint density at radius 3 is 2.68 bits per heavy atom. The number of carbonyl (C=O) groups excluding carboxylic acids is 2. The summed E-state index contributed by atoms with van der Waals surface area (Å²) >= 11 is 0. The van der Waals surface area contributed by atoms with Gasteiger partial charge in [0.25, 0.3) is 11.8 Å². The first-order valence-corrected chi connectivity index (χ1v) is 12.1. The van der Waals surface area contributed by atoms with Crippen LogP contribution in [0.15, 0.2) is 30.5 Å². The Kier molecular flexibility index (Phi) is 9.44. The number of hydrogen-bond donors (Lipinski definition) is 0. The predicted octanol–water partition coefficient (Wildman–Crippen LogP) is 3.02. The number of para-hydroxylation sites is 1. The maximum Gasteiger partial charge on any atom is 0.276 e. The lowest BCUT2D eigenvalue weighted by atomic mass is 10.0. The lowest BCUT2D eigenvalue weighted by Crippen LogP contribution is -2.45. The van der Waals surface area contributed by atoms with Gasteiger partial charge in [0.1, 0.15) is 12.4 Å². The average Bonchev–Trinajstić information content (AvgIpc) is 3.26. The smallest absolute Gasteiger partial charge is 0.276 e. The number of nitrogens with zero attached hydrogens (tertiary/aromatic N) is 5. The van der Waals surface area contributed by atoms with E-state index in [0.29, 0.717) is 55.8 Å². The van der Waals surface area contributed by atoms with Crippen LogP contribution in [0.1, 0.15) is 60.4 Å². The standard InChI is InChI=1S/C25H37N5O4/c1-19(2)16-20-18-34-23-11-7-6-10-21(23)24(31)29(14-15-33-4)12-8-5-9-13-30(20)25(32)22-17-28(3)27-26-22/h6-7,10-11,17,19-20H,5,8-9,12-16,18H2,1-4H3/t20-/m0/s1. The molecule has 0 spiro atoms. The van der Waals surface area contributed by atoms with Gasteiger partial charge in [-0.2, -0.15) is 0 Å². The molecule has 0 unspecified atom stereocenters. The van der Waals surface area contributed by atoms with E-state index >= 15 is 0 Å². The van der Waals surface area contributed by atoms with Crippen LogP contribution in [0, 0.1) is 5.92 Å². The number of methoxy groups -OCH3 is 1. The first-order chi connectivity index (χ1) is 16.4. The molecule has 0 radical (unpaired) electrons. The minimum absolute atomic E-state index is 0.0557. The molecule has 0 saturated heterocycles. The molecule has 2 amide bonds. The Morgan fingerprint density at radius 1 is 1.21 bits per heavy atom. The number of amides is 2. The largest absolute Gasteiger partial charge is 0.491 e. The van der Waals surface area contributed by atoms with Crippen molar-refractivity contribution in [3.63, 3.8) is 0 Å². The van der Waals surface area contributed by atoms with E-state index < -0.39 is 0 Å². The Bertz CT molecular complexity index is 945. The number of ether oxygens (including phenoxy) is 2. The molecule has 1 aliphatic rings. The number of aryl methyl sites for hydroxylation is 1. The van der Waals surface area contributed by atoms with Crippen LogP contribution in [0.3, 0.4) is 0 Å². The van der Waals surface area contributed by atoms with Crippen LogP contribution in [0.5, 0.6) is 5.75 Å². The van der Waals surface area contributed by atoms with Crippen LogP contribution >= 0.6 is 0 Å². The van der Waals surface area contributed by atoms with Crippen LogP contribution in [-0.2, 0) is 11.8 Å².